The molecule has 172 valence electrons. The van der Waals surface area contributed by atoms with Crippen LogP contribution in [0, 0.1) is 0 Å². The second-order valence-corrected chi connectivity index (χ2v) is 8.26. The molecule has 1 heterocycles. The van der Waals surface area contributed by atoms with Crippen molar-refractivity contribution in [2.24, 2.45) is 0 Å². The zero-order chi connectivity index (χ0) is 23.0. The Morgan fingerprint density at radius 3 is 2.09 bits per heavy atom. The van der Waals surface area contributed by atoms with Crippen LogP contribution in [0.1, 0.15) is 22.8 Å². The predicted octanol–water partition coefficient (Wildman–Crippen LogP) is 4.30. The first-order valence-electron chi connectivity index (χ1n) is 11.2. The van der Waals surface area contributed by atoms with Gasteiger partial charge in [-0.3, -0.25) is 4.90 Å². The third-order valence-electron chi connectivity index (χ3n) is 5.97. The fraction of sp³-hybridized carbons (Fsp3) is 0.296. The lowest BCUT2D eigenvalue weighted by Gasteiger charge is -2.25. The molecule has 33 heavy (non-hydrogen) atoms. The van der Waals surface area contributed by atoms with Gasteiger partial charge in [0, 0.05) is 6.42 Å². The van der Waals surface area contributed by atoms with E-state index in [0.29, 0.717) is 13.0 Å². The highest BCUT2D eigenvalue weighted by molar-refractivity contribution is 5.66. The van der Waals surface area contributed by atoms with Crippen LogP contribution in [-0.2, 0) is 22.5 Å². The summed E-state index contributed by atoms with van der Waals surface area (Å²) < 4.78 is 12.1. The summed E-state index contributed by atoms with van der Waals surface area (Å²) in [4.78, 5) is 13.1. The Morgan fingerprint density at radius 1 is 0.909 bits per heavy atom. The van der Waals surface area contributed by atoms with E-state index in [9.17, 15) is 15.0 Å². The van der Waals surface area contributed by atoms with Crippen LogP contribution in [0.5, 0.6) is 0 Å². The number of rotatable bonds is 9. The van der Waals surface area contributed by atoms with Crippen LogP contribution in [0.25, 0.3) is 0 Å². The number of hydrogen-bond donors (Lipinski definition) is 2. The molecule has 0 bridgehead atoms. The van der Waals surface area contributed by atoms with E-state index >= 15 is 0 Å². The summed E-state index contributed by atoms with van der Waals surface area (Å²) in [7, 11) is 0. The Balaban J connectivity index is 1.46. The molecule has 6 heteroatoms. The fourth-order valence-corrected chi connectivity index (χ4v) is 4.22. The summed E-state index contributed by atoms with van der Waals surface area (Å²) in [6.45, 7) is 0.536. The molecule has 1 fully saturated rings. The van der Waals surface area contributed by atoms with Gasteiger partial charge in [-0.2, -0.15) is 0 Å². The van der Waals surface area contributed by atoms with Crippen LogP contribution in [0.4, 0.5) is 4.79 Å². The van der Waals surface area contributed by atoms with Crippen LogP contribution in [0.2, 0.25) is 0 Å². The molecule has 4 rings (SSSR count). The van der Waals surface area contributed by atoms with Gasteiger partial charge in [0.2, 0.25) is 0 Å². The van der Waals surface area contributed by atoms with Crippen molar-refractivity contribution < 1.29 is 24.5 Å². The van der Waals surface area contributed by atoms with Crippen LogP contribution in [-0.4, -0.2) is 52.6 Å². The van der Waals surface area contributed by atoms with E-state index in [4.69, 9.17) is 9.47 Å². The highest BCUT2D eigenvalue weighted by Gasteiger charge is 2.45. The molecule has 1 aliphatic heterocycles. The first-order chi connectivity index (χ1) is 16.1. The maximum atomic E-state index is 11.9. The lowest BCUT2D eigenvalue weighted by Crippen LogP contribution is -2.42. The van der Waals surface area contributed by atoms with Gasteiger partial charge in [-0.1, -0.05) is 91.0 Å². The molecular formula is C27H29NO5. The number of aliphatic hydroxyl groups excluding tert-OH is 1. The Labute approximate surface area is 194 Å². The molecule has 1 unspecified atom stereocenters. The van der Waals surface area contributed by atoms with Crippen molar-refractivity contribution in [3.63, 3.8) is 0 Å². The number of aliphatic hydroxyl groups is 1. The maximum Gasteiger partial charge on any atom is 0.407 e. The number of amides is 1. The smallest absolute Gasteiger partial charge is 0.407 e. The summed E-state index contributed by atoms with van der Waals surface area (Å²) in [6, 6.07) is 28.8. The molecule has 2 N–H and O–H groups in total. The molecule has 4 atom stereocenters. The molecule has 0 spiro atoms. The van der Waals surface area contributed by atoms with Crippen molar-refractivity contribution >= 4 is 6.09 Å². The summed E-state index contributed by atoms with van der Waals surface area (Å²) in [6.07, 6.45) is -2.42. The first kappa shape index (κ1) is 23.0. The molecule has 0 saturated carbocycles. The van der Waals surface area contributed by atoms with Crippen molar-refractivity contribution in [3.05, 3.63) is 108 Å². The van der Waals surface area contributed by atoms with Gasteiger partial charge in [0.15, 0.2) is 0 Å². The Kier molecular flexibility index (Phi) is 7.73. The molecule has 1 saturated heterocycles. The third kappa shape index (κ3) is 5.99. The van der Waals surface area contributed by atoms with Crippen molar-refractivity contribution in [1.82, 2.24) is 4.90 Å². The lowest BCUT2D eigenvalue weighted by molar-refractivity contribution is -0.0669. The molecule has 3 aromatic rings. The van der Waals surface area contributed by atoms with Gasteiger partial charge >= 0.3 is 6.09 Å². The van der Waals surface area contributed by atoms with Crippen LogP contribution in [0.15, 0.2) is 91.0 Å². The second kappa shape index (κ2) is 11.1. The zero-order valence-corrected chi connectivity index (χ0v) is 18.4. The van der Waals surface area contributed by atoms with Gasteiger partial charge < -0.3 is 19.7 Å². The zero-order valence-electron chi connectivity index (χ0n) is 18.4. The average Bonchev–Trinajstić information content (AvgIpc) is 3.16. The number of likely N-dealkylation sites (tertiary alicyclic amines) is 1. The Morgan fingerprint density at radius 2 is 1.48 bits per heavy atom. The average molecular weight is 448 g/mol. The van der Waals surface area contributed by atoms with E-state index in [1.54, 1.807) is 0 Å². The summed E-state index contributed by atoms with van der Waals surface area (Å²) in [5.74, 6) is 0. The largest absolute Gasteiger partial charge is 0.465 e. The van der Waals surface area contributed by atoms with E-state index in [1.165, 1.54) is 4.90 Å². The third-order valence-corrected chi connectivity index (χ3v) is 5.97. The quantitative estimate of drug-likeness (QED) is 0.511. The molecule has 0 aromatic heterocycles. The van der Waals surface area contributed by atoms with Crippen molar-refractivity contribution in [3.8, 4) is 0 Å². The van der Waals surface area contributed by atoms with Gasteiger partial charge in [0.1, 0.15) is 12.2 Å². The molecule has 0 radical (unpaired) electrons. The SMILES string of the molecule is O=C(O)N1C[C@@H](OC(Cc2ccccc2)c2ccccc2)[C@H](O)[C@H]1COCc1ccccc1. The minimum Gasteiger partial charge on any atom is -0.465 e. The molecule has 1 aliphatic rings. The molecule has 6 nitrogen and oxygen atoms in total. The number of nitrogens with zero attached hydrogens (tertiary/aromatic N) is 1. The minimum atomic E-state index is -1.09. The second-order valence-electron chi connectivity index (χ2n) is 8.26. The van der Waals surface area contributed by atoms with Gasteiger partial charge in [-0.05, 0) is 16.7 Å². The topological polar surface area (TPSA) is 79.2 Å². The van der Waals surface area contributed by atoms with E-state index in [-0.39, 0.29) is 19.3 Å². The molecular weight excluding hydrogens is 418 g/mol. The molecule has 3 aromatic carbocycles. The highest BCUT2D eigenvalue weighted by Crippen LogP contribution is 2.30. The summed E-state index contributed by atoms with van der Waals surface area (Å²) in [5, 5.41) is 20.7. The van der Waals surface area contributed by atoms with Crippen molar-refractivity contribution in [2.75, 3.05) is 13.2 Å². The standard InChI is InChI=1S/C27H29NO5/c29-26-23(19-32-18-21-12-6-2-7-13-21)28(27(30)31)17-25(26)33-24(22-14-8-3-9-15-22)16-20-10-4-1-5-11-20/h1-15,23-26,29H,16-19H2,(H,30,31)/t23-,24?,25-,26-/m1/s1. The van der Waals surface area contributed by atoms with E-state index in [1.807, 2.05) is 91.0 Å². The fourth-order valence-electron chi connectivity index (χ4n) is 4.22. The van der Waals surface area contributed by atoms with Crippen LogP contribution >= 0.6 is 0 Å². The first-order valence-corrected chi connectivity index (χ1v) is 11.2. The number of ether oxygens (including phenoxy) is 2. The maximum absolute atomic E-state index is 11.9. The van der Waals surface area contributed by atoms with Crippen LogP contribution < -0.4 is 0 Å². The van der Waals surface area contributed by atoms with Crippen molar-refractivity contribution in [1.29, 1.82) is 0 Å². The van der Waals surface area contributed by atoms with Gasteiger partial charge in [0.05, 0.1) is 31.9 Å². The van der Waals surface area contributed by atoms with Gasteiger partial charge in [-0.25, -0.2) is 4.79 Å². The lowest BCUT2D eigenvalue weighted by atomic mass is 10.0. The van der Waals surface area contributed by atoms with Crippen molar-refractivity contribution in [2.45, 2.75) is 37.4 Å². The van der Waals surface area contributed by atoms with E-state index in [2.05, 4.69) is 0 Å². The van der Waals surface area contributed by atoms with Gasteiger partial charge in [-0.15, -0.1) is 0 Å². The number of benzene rings is 3. The minimum absolute atomic E-state index is 0.0913. The van der Waals surface area contributed by atoms with E-state index < -0.39 is 24.3 Å². The summed E-state index contributed by atoms with van der Waals surface area (Å²) in [5.41, 5.74) is 3.09. The Hall–Kier alpha value is -3.19. The normalized spacial score (nSPS) is 21.1. The number of carboxylic acid groups (broad SMARTS) is 1. The van der Waals surface area contributed by atoms with Gasteiger partial charge in [0.25, 0.3) is 0 Å². The summed E-state index contributed by atoms with van der Waals surface area (Å²) >= 11 is 0. The Bertz CT molecular complexity index is 999. The molecule has 0 aliphatic carbocycles. The van der Waals surface area contributed by atoms with Crippen LogP contribution in [0.3, 0.4) is 0 Å². The number of carbonyl (C=O) groups is 1. The monoisotopic (exact) mass is 447 g/mol. The predicted molar refractivity (Wildman–Crippen MR) is 125 cm³/mol. The van der Waals surface area contributed by atoms with E-state index in [0.717, 1.165) is 16.7 Å². The molecule has 1 amide bonds. The highest BCUT2D eigenvalue weighted by atomic mass is 16.5. The number of hydrogen-bond acceptors (Lipinski definition) is 4.